The van der Waals surface area contributed by atoms with Crippen LogP contribution in [0.5, 0.6) is 5.75 Å². The molecule has 2 atom stereocenters. The molecule has 1 amide bonds. The fraction of sp³-hybridized carbons (Fsp3) is 0.381. The molecule has 1 aliphatic heterocycles. The Hall–Kier alpha value is -2.08. The quantitative estimate of drug-likeness (QED) is 0.786. The van der Waals surface area contributed by atoms with Crippen LogP contribution in [0.1, 0.15) is 22.0 Å². The third-order valence-corrected chi connectivity index (χ3v) is 4.93. The molecule has 0 N–H and O–H groups in total. The molecule has 1 aliphatic rings. The molecule has 0 unspecified atom stereocenters. The molecule has 6 heteroatoms. The first-order valence-electron chi connectivity index (χ1n) is 8.97. The predicted octanol–water partition coefficient (Wildman–Crippen LogP) is 3.49. The van der Waals surface area contributed by atoms with Gasteiger partial charge in [-0.25, -0.2) is 0 Å². The van der Waals surface area contributed by atoms with Gasteiger partial charge in [0.2, 0.25) is 0 Å². The van der Waals surface area contributed by atoms with Crippen LogP contribution in [0.4, 0.5) is 0 Å². The van der Waals surface area contributed by atoms with E-state index in [0.29, 0.717) is 29.5 Å². The van der Waals surface area contributed by atoms with Crippen molar-refractivity contribution in [3.05, 3.63) is 64.7 Å². The summed E-state index contributed by atoms with van der Waals surface area (Å²) in [6.45, 7) is 1.75. The Kier molecular flexibility index (Phi) is 6.37. The minimum Gasteiger partial charge on any atom is -0.496 e. The van der Waals surface area contributed by atoms with Gasteiger partial charge < -0.3 is 19.3 Å². The van der Waals surface area contributed by atoms with E-state index in [0.717, 1.165) is 12.1 Å². The predicted molar refractivity (Wildman–Crippen MR) is 107 cm³/mol. The Labute approximate surface area is 165 Å². The highest BCUT2D eigenvalue weighted by atomic mass is 35.5. The second kappa shape index (κ2) is 8.74. The van der Waals surface area contributed by atoms with E-state index in [1.165, 1.54) is 0 Å². The third kappa shape index (κ3) is 4.43. The lowest BCUT2D eigenvalue weighted by Gasteiger charge is -2.42. The van der Waals surface area contributed by atoms with Gasteiger partial charge in [0.15, 0.2) is 0 Å². The molecule has 0 radical (unpaired) electrons. The first kappa shape index (κ1) is 19.7. The summed E-state index contributed by atoms with van der Waals surface area (Å²) in [5.74, 6) is 0.402. The number of hydrogen-bond acceptors (Lipinski definition) is 4. The molecule has 5 nitrogen and oxygen atoms in total. The van der Waals surface area contributed by atoms with Gasteiger partial charge in [-0.3, -0.25) is 4.79 Å². The van der Waals surface area contributed by atoms with E-state index in [9.17, 15) is 4.79 Å². The molecule has 1 saturated heterocycles. The Bertz CT molecular complexity index is 782. The molecular weight excluding hydrogens is 364 g/mol. The zero-order chi connectivity index (χ0) is 19.4. The van der Waals surface area contributed by atoms with Crippen LogP contribution in [-0.2, 0) is 4.74 Å². The Balaban J connectivity index is 1.99. The molecule has 1 heterocycles. The first-order chi connectivity index (χ1) is 13.0. The van der Waals surface area contributed by atoms with Gasteiger partial charge in [-0.1, -0.05) is 41.9 Å². The lowest BCUT2D eigenvalue weighted by molar-refractivity contribution is -0.0685. The highest BCUT2D eigenvalue weighted by molar-refractivity contribution is 6.30. The number of morpholine rings is 1. The molecule has 0 aromatic heterocycles. The number of nitrogens with zero attached hydrogens (tertiary/aromatic N) is 2. The van der Waals surface area contributed by atoms with E-state index in [1.54, 1.807) is 25.3 Å². The number of hydrogen-bond donors (Lipinski definition) is 0. The Morgan fingerprint density at radius 1 is 1.26 bits per heavy atom. The average molecular weight is 389 g/mol. The monoisotopic (exact) mass is 388 g/mol. The zero-order valence-corrected chi connectivity index (χ0v) is 16.6. The molecule has 144 valence electrons. The lowest BCUT2D eigenvalue weighted by Crippen LogP contribution is -2.51. The summed E-state index contributed by atoms with van der Waals surface area (Å²) in [5, 5.41) is 0.537. The van der Waals surface area contributed by atoms with Gasteiger partial charge in [0.05, 0.1) is 31.4 Å². The zero-order valence-electron chi connectivity index (χ0n) is 15.9. The molecule has 2 aromatic carbocycles. The van der Waals surface area contributed by atoms with Crippen molar-refractivity contribution in [2.45, 2.75) is 12.1 Å². The Morgan fingerprint density at radius 2 is 2.00 bits per heavy atom. The molecule has 0 saturated carbocycles. The van der Waals surface area contributed by atoms with Crippen molar-refractivity contribution in [3.8, 4) is 5.75 Å². The van der Waals surface area contributed by atoms with Crippen LogP contribution in [0, 0.1) is 0 Å². The fourth-order valence-electron chi connectivity index (χ4n) is 3.51. The van der Waals surface area contributed by atoms with Crippen molar-refractivity contribution in [1.29, 1.82) is 0 Å². The van der Waals surface area contributed by atoms with Crippen LogP contribution in [0.3, 0.4) is 0 Å². The molecule has 1 fully saturated rings. The van der Waals surface area contributed by atoms with Gasteiger partial charge in [-0.05, 0) is 37.9 Å². The van der Waals surface area contributed by atoms with Gasteiger partial charge in [0.25, 0.3) is 5.91 Å². The molecule has 2 aromatic rings. The van der Waals surface area contributed by atoms with E-state index < -0.39 is 0 Å². The first-order valence-corrected chi connectivity index (χ1v) is 9.35. The van der Waals surface area contributed by atoms with Gasteiger partial charge >= 0.3 is 0 Å². The number of amides is 1. The van der Waals surface area contributed by atoms with E-state index in [-0.39, 0.29) is 18.1 Å². The van der Waals surface area contributed by atoms with Crippen molar-refractivity contribution < 1.29 is 14.3 Å². The van der Waals surface area contributed by atoms with Crippen LogP contribution in [0.15, 0.2) is 48.5 Å². The van der Waals surface area contributed by atoms with Crippen LogP contribution in [0.25, 0.3) is 0 Å². The van der Waals surface area contributed by atoms with Crippen molar-refractivity contribution in [2.75, 3.05) is 40.9 Å². The number of methoxy groups -OCH3 is 1. The summed E-state index contributed by atoms with van der Waals surface area (Å²) >= 11 is 6.06. The highest BCUT2D eigenvalue weighted by Crippen LogP contribution is 2.33. The van der Waals surface area contributed by atoms with E-state index in [4.69, 9.17) is 21.1 Å². The van der Waals surface area contributed by atoms with Gasteiger partial charge in [-0.2, -0.15) is 0 Å². The van der Waals surface area contributed by atoms with Gasteiger partial charge in [-0.15, -0.1) is 0 Å². The highest BCUT2D eigenvalue weighted by Gasteiger charge is 2.37. The SMILES string of the molecule is COc1cc(Cl)ccc1C(=O)N1CCO[C@@H](CN(C)C)[C@@H]1c1ccccc1. The van der Waals surface area contributed by atoms with Crippen LogP contribution >= 0.6 is 11.6 Å². The second-order valence-electron chi connectivity index (χ2n) is 6.87. The summed E-state index contributed by atoms with van der Waals surface area (Å²) in [7, 11) is 5.56. The number of carbonyl (C=O) groups is 1. The maximum atomic E-state index is 13.4. The standard InChI is InChI=1S/C21H25ClN2O3/c1-23(2)14-19-20(15-7-5-4-6-8-15)24(11-12-27-19)21(25)17-10-9-16(22)13-18(17)26-3/h4-10,13,19-20H,11-12,14H2,1-3H3/t19-,20-/m0/s1. The smallest absolute Gasteiger partial charge is 0.258 e. The number of carbonyl (C=O) groups excluding carboxylic acids is 1. The van der Waals surface area contributed by atoms with Crippen LogP contribution in [0.2, 0.25) is 5.02 Å². The fourth-order valence-corrected chi connectivity index (χ4v) is 3.68. The van der Waals surface area contributed by atoms with Gasteiger partial charge in [0, 0.05) is 18.1 Å². The number of likely N-dealkylation sites (N-methyl/N-ethyl adjacent to an activating group) is 1. The molecule has 0 spiro atoms. The minimum atomic E-state index is -0.171. The maximum absolute atomic E-state index is 13.4. The summed E-state index contributed by atoms with van der Waals surface area (Å²) in [4.78, 5) is 17.4. The van der Waals surface area contributed by atoms with Crippen molar-refractivity contribution in [1.82, 2.24) is 9.80 Å². The van der Waals surface area contributed by atoms with E-state index in [2.05, 4.69) is 4.90 Å². The lowest BCUT2D eigenvalue weighted by atomic mass is 9.96. The molecule has 0 aliphatic carbocycles. The topological polar surface area (TPSA) is 42.0 Å². The molecular formula is C21H25ClN2O3. The van der Waals surface area contributed by atoms with Gasteiger partial charge in [0.1, 0.15) is 5.75 Å². The average Bonchev–Trinajstić information content (AvgIpc) is 2.67. The number of ether oxygens (including phenoxy) is 2. The Morgan fingerprint density at radius 3 is 2.67 bits per heavy atom. The number of benzene rings is 2. The minimum absolute atomic E-state index is 0.0792. The summed E-state index contributed by atoms with van der Waals surface area (Å²) in [5.41, 5.74) is 1.57. The maximum Gasteiger partial charge on any atom is 0.258 e. The van der Waals surface area contributed by atoms with Crippen molar-refractivity contribution >= 4 is 17.5 Å². The second-order valence-corrected chi connectivity index (χ2v) is 7.31. The summed E-state index contributed by atoms with van der Waals surface area (Å²) < 4.78 is 11.5. The summed E-state index contributed by atoms with van der Waals surface area (Å²) in [6, 6.07) is 15.0. The molecule has 3 rings (SSSR count). The number of rotatable bonds is 5. The molecule has 27 heavy (non-hydrogen) atoms. The summed E-state index contributed by atoms with van der Waals surface area (Å²) in [6.07, 6.45) is -0.113. The van der Waals surface area contributed by atoms with E-state index in [1.807, 2.05) is 49.3 Å². The van der Waals surface area contributed by atoms with E-state index >= 15 is 0 Å². The largest absolute Gasteiger partial charge is 0.496 e. The third-order valence-electron chi connectivity index (χ3n) is 4.69. The van der Waals surface area contributed by atoms with Crippen LogP contribution in [-0.4, -0.2) is 62.7 Å². The number of halogens is 1. The van der Waals surface area contributed by atoms with Crippen molar-refractivity contribution in [2.24, 2.45) is 0 Å². The van der Waals surface area contributed by atoms with Crippen molar-refractivity contribution in [3.63, 3.8) is 0 Å². The molecule has 0 bridgehead atoms. The normalized spacial score (nSPS) is 20.0. The van der Waals surface area contributed by atoms with Crippen LogP contribution < -0.4 is 4.74 Å².